The lowest BCUT2D eigenvalue weighted by atomic mass is 10.0. The Kier molecular flexibility index (Phi) is 2.05. The summed E-state index contributed by atoms with van der Waals surface area (Å²) in [4.78, 5) is 8.08. The van der Waals surface area contributed by atoms with Gasteiger partial charge in [-0.1, -0.05) is 0 Å². The molecule has 1 aromatic heterocycles. The fourth-order valence-electron chi connectivity index (χ4n) is 2.12. The molecule has 0 radical (unpaired) electrons. The van der Waals surface area contributed by atoms with Crippen LogP contribution in [0, 0.1) is 0 Å². The zero-order chi connectivity index (χ0) is 9.38. The molecule has 2 aliphatic carbocycles. The van der Waals surface area contributed by atoms with Crippen LogP contribution in [-0.4, -0.2) is 16.0 Å². The highest BCUT2D eigenvalue weighted by Gasteiger charge is 2.21. The van der Waals surface area contributed by atoms with E-state index >= 15 is 0 Å². The molecule has 3 rings (SSSR count). The van der Waals surface area contributed by atoms with Gasteiger partial charge in [0, 0.05) is 11.7 Å². The van der Waals surface area contributed by atoms with Gasteiger partial charge in [0.25, 0.3) is 0 Å². The molecule has 3 heteroatoms. The van der Waals surface area contributed by atoms with E-state index in [2.05, 4.69) is 15.3 Å². The van der Waals surface area contributed by atoms with E-state index in [1.807, 2.05) is 0 Å². The molecule has 2 N–H and O–H groups in total. The highest BCUT2D eigenvalue weighted by molar-refractivity contribution is 5.17. The van der Waals surface area contributed by atoms with Gasteiger partial charge < -0.3 is 10.3 Å². The second-order valence-electron chi connectivity index (χ2n) is 4.47. The van der Waals surface area contributed by atoms with Gasteiger partial charge in [-0.25, -0.2) is 4.98 Å². The topological polar surface area (TPSA) is 40.7 Å². The standard InChI is InChI=1S/C11H17N3/c1-2-4-10-9(3-1)13-11(14-10)7-12-8-5-6-8/h8,12H,1-7H2,(H,13,14). The van der Waals surface area contributed by atoms with Gasteiger partial charge in [-0.05, 0) is 38.5 Å². The first-order valence-corrected chi connectivity index (χ1v) is 5.72. The van der Waals surface area contributed by atoms with Crippen LogP contribution < -0.4 is 5.32 Å². The minimum absolute atomic E-state index is 0.775. The molecule has 0 aliphatic heterocycles. The molecule has 1 saturated carbocycles. The Labute approximate surface area is 84.3 Å². The summed E-state index contributed by atoms with van der Waals surface area (Å²) in [5.41, 5.74) is 2.72. The van der Waals surface area contributed by atoms with Crippen LogP contribution in [0.15, 0.2) is 0 Å². The first kappa shape index (κ1) is 8.48. The van der Waals surface area contributed by atoms with Crippen molar-refractivity contribution in [1.29, 1.82) is 0 Å². The number of aryl methyl sites for hydroxylation is 2. The van der Waals surface area contributed by atoms with Gasteiger partial charge in [0.2, 0.25) is 0 Å². The SMILES string of the molecule is C1CCc2[nH]c(CNC3CC3)nc2C1. The predicted molar refractivity (Wildman–Crippen MR) is 55.1 cm³/mol. The molecule has 0 amide bonds. The zero-order valence-corrected chi connectivity index (χ0v) is 8.47. The average molecular weight is 191 g/mol. The minimum atomic E-state index is 0.775. The Morgan fingerprint density at radius 1 is 1.29 bits per heavy atom. The summed E-state index contributed by atoms with van der Waals surface area (Å²) >= 11 is 0. The third kappa shape index (κ3) is 1.69. The van der Waals surface area contributed by atoms with Gasteiger partial charge in [0.1, 0.15) is 5.82 Å². The lowest BCUT2D eigenvalue weighted by molar-refractivity contribution is 0.662. The lowest BCUT2D eigenvalue weighted by Crippen LogP contribution is -2.16. The van der Waals surface area contributed by atoms with E-state index in [1.165, 1.54) is 49.9 Å². The van der Waals surface area contributed by atoms with Gasteiger partial charge in [-0.3, -0.25) is 0 Å². The molecule has 3 nitrogen and oxygen atoms in total. The molecule has 1 heterocycles. The lowest BCUT2D eigenvalue weighted by Gasteiger charge is -2.07. The first-order valence-electron chi connectivity index (χ1n) is 5.72. The number of nitrogens with one attached hydrogen (secondary N) is 2. The van der Waals surface area contributed by atoms with Crippen LogP contribution in [0.25, 0.3) is 0 Å². The summed E-state index contributed by atoms with van der Waals surface area (Å²) in [6, 6.07) is 0.775. The molecule has 0 aromatic carbocycles. The van der Waals surface area contributed by atoms with Crippen LogP contribution in [0.5, 0.6) is 0 Å². The van der Waals surface area contributed by atoms with E-state index in [0.717, 1.165) is 18.4 Å². The molecule has 1 aromatic rings. The minimum Gasteiger partial charge on any atom is -0.345 e. The number of fused-ring (bicyclic) bond motifs is 1. The van der Waals surface area contributed by atoms with Gasteiger partial charge >= 0.3 is 0 Å². The number of rotatable bonds is 3. The van der Waals surface area contributed by atoms with Crippen molar-refractivity contribution in [2.75, 3.05) is 0 Å². The van der Waals surface area contributed by atoms with Crippen LogP contribution in [0.4, 0.5) is 0 Å². The number of nitrogens with zero attached hydrogens (tertiary/aromatic N) is 1. The summed E-state index contributed by atoms with van der Waals surface area (Å²) in [6.07, 6.45) is 7.71. The quantitative estimate of drug-likeness (QED) is 0.761. The van der Waals surface area contributed by atoms with Crippen LogP contribution in [-0.2, 0) is 19.4 Å². The van der Waals surface area contributed by atoms with E-state index in [-0.39, 0.29) is 0 Å². The normalized spacial score (nSPS) is 20.9. The zero-order valence-electron chi connectivity index (χ0n) is 8.47. The maximum Gasteiger partial charge on any atom is 0.120 e. The summed E-state index contributed by atoms with van der Waals surface area (Å²) < 4.78 is 0. The highest BCUT2D eigenvalue weighted by Crippen LogP contribution is 2.21. The van der Waals surface area contributed by atoms with Crippen LogP contribution in [0.2, 0.25) is 0 Å². The van der Waals surface area contributed by atoms with E-state index < -0.39 is 0 Å². The summed E-state index contributed by atoms with van der Waals surface area (Å²) in [5.74, 6) is 1.14. The van der Waals surface area contributed by atoms with Gasteiger partial charge in [-0.2, -0.15) is 0 Å². The number of hydrogen-bond acceptors (Lipinski definition) is 2. The van der Waals surface area contributed by atoms with E-state index in [9.17, 15) is 0 Å². The molecule has 2 aliphatic rings. The number of imidazole rings is 1. The van der Waals surface area contributed by atoms with Crippen molar-refractivity contribution < 1.29 is 0 Å². The van der Waals surface area contributed by atoms with Crippen molar-refractivity contribution >= 4 is 0 Å². The maximum atomic E-state index is 4.63. The van der Waals surface area contributed by atoms with E-state index in [1.54, 1.807) is 0 Å². The van der Waals surface area contributed by atoms with Crippen molar-refractivity contribution in [3.63, 3.8) is 0 Å². The molecular formula is C11H17N3. The Hall–Kier alpha value is -0.830. The average Bonchev–Trinajstić information content (AvgIpc) is 2.94. The van der Waals surface area contributed by atoms with Crippen LogP contribution >= 0.6 is 0 Å². The smallest absolute Gasteiger partial charge is 0.120 e. The Balaban J connectivity index is 1.68. The van der Waals surface area contributed by atoms with Gasteiger partial charge in [0.15, 0.2) is 0 Å². The molecule has 14 heavy (non-hydrogen) atoms. The molecule has 0 saturated heterocycles. The van der Waals surface area contributed by atoms with Crippen molar-refractivity contribution in [3.8, 4) is 0 Å². The second-order valence-corrected chi connectivity index (χ2v) is 4.47. The second kappa shape index (κ2) is 3.39. The maximum absolute atomic E-state index is 4.63. The van der Waals surface area contributed by atoms with Crippen molar-refractivity contribution in [3.05, 3.63) is 17.2 Å². The number of hydrogen-bond donors (Lipinski definition) is 2. The third-order valence-corrected chi connectivity index (χ3v) is 3.14. The summed E-state index contributed by atoms with van der Waals surface area (Å²) in [7, 11) is 0. The Morgan fingerprint density at radius 3 is 2.93 bits per heavy atom. The predicted octanol–water partition coefficient (Wildman–Crippen LogP) is 1.54. The van der Waals surface area contributed by atoms with Crippen molar-refractivity contribution in [2.45, 2.75) is 51.1 Å². The number of aromatic nitrogens is 2. The molecule has 0 atom stereocenters. The van der Waals surface area contributed by atoms with E-state index in [0.29, 0.717) is 0 Å². The monoisotopic (exact) mass is 191 g/mol. The van der Waals surface area contributed by atoms with Gasteiger partial charge in [-0.15, -0.1) is 0 Å². The third-order valence-electron chi connectivity index (χ3n) is 3.14. The highest BCUT2D eigenvalue weighted by atomic mass is 15.0. The molecular weight excluding hydrogens is 174 g/mol. The van der Waals surface area contributed by atoms with Crippen molar-refractivity contribution in [1.82, 2.24) is 15.3 Å². The summed E-state index contributed by atoms with van der Waals surface area (Å²) in [5, 5.41) is 3.49. The number of aromatic amines is 1. The summed E-state index contributed by atoms with van der Waals surface area (Å²) in [6.45, 7) is 0.928. The molecule has 1 fully saturated rings. The molecule has 0 spiro atoms. The fourth-order valence-corrected chi connectivity index (χ4v) is 2.12. The first-order chi connectivity index (χ1) is 6.92. The Morgan fingerprint density at radius 2 is 2.14 bits per heavy atom. The number of H-pyrrole nitrogens is 1. The fraction of sp³-hybridized carbons (Fsp3) is 0.727. The van der Waals surface area contributed by atoms with E-state index in [4.69, 9.17) is 0 Å². The molecule has 0 unspecified atom stereocenters. The van der Waals surface area contributed by atoms with Gasteiger partial charge in [0.05, 0.1) is 12.2 Å². The molecule has 0 bridgehead atoms. The molecule has 76 valence electrons. The largest absolute Gasteiger partial charge is 0.345 e. The van der Waals surface area contributed by atoms with Crippen LogP contribution in [0.1, 0.15) is 42.9 Å². The van der Waals surface area contributed by atoms with Crippen LogP contribution in [0.3, 0.4) is 0 Å². The van der Waals surface area contributed by atoms with Crippen molar-refractivity contribution in [2.24, 2.45) is 0 Å². The Bertz CT molecular complexity index is 302.